The van der Waals surface area contributed by atoms with Crippen molar-refractivity contribution in [3.05, 3.63) is 36.2 Å². The van der Waals surface area contributed by atoms with Gasteiger partial charge in [-0.3, -0.25) is 9.69 Å². The monoisotopic (exact) mass is 385 g/mol. The highest BCUT2D eigenvalue weighted by atomic mass is 16.5. The summed E-state index contributed by atoms with van der Waals surface area (Å²) < 4.78 is 10.9. The van der Waals surface area contributed by atoms with Gasteiger partial charge in [0.25, 0.3) is 0 Å². The molecule has 2 saturated heterocycles. The summed E-state index contributed by atoms with van der Waals surface area (Å²) in [5, 5.41) is 4.11. The molecule has 0 radical (unpaired) electrons. The Morgan fingerprint density at radius 3 is 2.50 bits per heavy atom. The van der Waals surface area contributed by atoms with Crippen LogP contribution in [-0.4, -0.2) is 70.8 Å². The Morgan fingerprint density at radius 1 is 1.14 bits per heavy atom. The molecule has 1 amide bonds. The van der Waals surface area contributed by atoms with Crippen LogP contribution in [0.3, 0.4) is 0 Å². The van der Waals surface area contributed by atoms with E-state index in [0.29, 0.717) is 50.9 Å². The lowest BCUT2D eigenvalue weighted by atomic mass is 9.89. The number of piperazine rings is 1. The zero-order chi connectivity index (χ0) is 19.6. The number of carbonyl (C=O) groups is 1. The highest BCUT2D eigenvalue weighted by Gasteiger charge is 2.40. The van der Waals surface area contributed by atoms with Crippen molar-refractivity contribution >= 4 is 5.91 Å². The standard InChI is InChI=1S/C20H27N5O3/c1-15(18-22-17(23-28-18)16-5-3-2-4-6-16)24-9-11-25(12-10-24)19(26)20(21)7-13-27-14-8-20/h2-6,15H,7-14,21H2,1H3. The fourth-order valence-corrected chi connectivity index (χ4v) is 3.84. The lowest BCUT2D eigenvalue weighted by molar-refractivity contribution is -0.142. The molecular weight excluding hydrogens is 358 g/mol. The van der Waals surface area contributed by atoms with Gasteiger partial charge in [0.2, 0.25) is 17.6 Å². The Balaban J connectivity index is 1.36. The topological polar surface area (TPSA) is 97.7 Å². The van der Waals surface area contributed by atoms with E-state index in [2.05, 4.69) is 22.0 Å². The van der Waals surface area contributed by atoms with Crippen LogP contribution in [0, 0.1) is 0 Å². The number of carbonyl (C=O) groups excluding carboxylic acids is 1. The summed E-state index contributed by atoms with van der Waals surface area (Å²) in [6, 6.07) is 9.78. The Hall–Kier alpha value is -2.29. The first-order valence-electron chi connectivity index (χ1n) is 9.86. The molecule has 2 aromatic rings. The molecule has 2 fully saturated rings. The molecule has 8 nitrogen and oxygen atoms in total. The summed E-state index contributed by atoms with van der Waals surface area (Å²) >= 11 is 0. The summed E-state index contributed by atoms with van der Waals surface area (Å²) in [5.74, 6) is 1.24. The molecular formula is C20H27N5O3. The number of ether oxygens (including phenoxy) is 1. The van der Waals surface area contributed by atoms with Gasteiger partial charge >= 0.3 is 0 Å². The summed E-state index contributed by atoms with van der Waals surface area (Å²) in [6.07, 6.45) is 1.18. The number of nitrogens with zero attached hydrogens (tertiary/aromatic N) is 4. The molecule has 1 aromatic heterocycles. The first-order valence-corrected chi connectivity index (χ1v) is 9.86. The molecule has 2 N–H and O–H groups in total. The minimum absolute atomic E-state index is 0.00266. The SMILES string of the molecule is CC(c1nc(-c2ccccc2)no1)N1CCN(C(=O)C2(N)CCOCC2)CC1. The van der Waals surface area contributed by atoms with E-state index in [4.69, 9.17) is 15.0 Å². The van der Waals surface area contributed by atoms with Crippen LogP contribution in [0.1, 0.15) is 31.7 Å². The molecule has 8 heteroatoms. The average molecular weight is 385 g/mol. The Kier molecular flexibility index (Phi) is 5.43. The van der Waals surface area contributed by atoms with Crippen LogP contribution in [0.15, 0.2) is 34.9 Å². The Bertz CT molecular complexity index is 795. The third-order valence-electron chi connectivity index (χ3n) is 5.79. The quantitative estimate of drug-likeness (QED) is 0.850. The van der Waals surface area contributed by atoms with Crippen molar-refractivity contribution in [2.45, 2.75) is 31.3 Å². The fraction of sp³-hybridized carbons (Fsp3) is 0.550. The Morgan fingerprint density at radius 2 is 1.82 bits per heavy atom. The van der Waals surface area contributed by atoms with Crippen LogP contribution >= 0.6 is 0 Å². The van der Waals surface area contributed by atoms with Gasteiger partial charge in [0.15, 0.2) is 0 Å². The van der Waals surface area contributed by atoms with Crippen LogP contribution in [0.5, 0.6) is 0 Å². The smallest absolute Gasteiger partial charge is 0.244 e. The van der Waals surface area contributed by atoms with E-state index in [9.17, 15) is 4.79 Å². The molecule has 1 unspecified atom stereocenters. The Labute approximate surface area is 164 Å². The maximum absolute atomic E-state index is 12.9. The second-order valence-electron chi connectivity index (χ2n) is 7.59. The van der Waals surface area contributed by atoms with Gasteiger partial charge in [-0.2, -0.15) is 4.98 Å². The molecule has 0 spiro atoms. The van der Waals surface area contributed by atoms with Gasteiger partial charge in [0.1, 0.15) is 0 Å². The molecule has 0 saturated carbocycles. The predicted molar refractivity (Wildman–Crippen MR) is 103 cm³/mol. The van der Waals surface area contributed by atoms with Crippen molar-refractivity contribution in [2.24, 2.45) is 5.73 Å². The van der Waals surface area contributed by atoms with E-state index in [-0.39, 0.29) is 11.9 Å². The van der Waals surface area contributed by atoms with E-state index in [1.807, 2.05) is 35.2 Å². The molecule has 4 rings (SSSR count). The van der Waals surface area contributed by atoms with Gasteiger partial charge < -0.3 is 19.9 Å². The van der Waals surface area contributed by atoms with Gasteiger partial charge in [-0.1, -0.05) is 35.5 Å². The van der Waals surface area contributed by atoms with Crippen molar-refractivity contribution < 1.29 is 14.1 Å². The predicted octanol–water partition coefficient (Wildman–Crippen LogP) is 1.45. The molecule has 3 heterocycles. The maximum atomic E-state index is 12.9. The van der Waals surface area contributed by atoms with Crippen LogP contribution in [0.4, 0.5) is 0 Å². The molecule has 150 valence electrons. The first kappa shape index (κ1) is 19.0. The van der Waals surface area contributed by atoms with Crippen molar-refractivity contribution in [1.82, 2.24) is 19.9 Å². The van der Waals surface area contributed by atoms with Gasteiger partial charge in [-0.15, -0.1) is 0 Å². The lowest BCUT2D eigenvalue weighted by Crippen LogP contribution is -2.61. The summed E-state index contributed by atoms with van der Waals surface area (Å²) in [6.45, 7) is 5.99. The van der Waals surface area contributed by atoms with Gasteiger partial charge in [-0.25, -0.2) is 0 Å². The minimum atomic E-state index is -0.775. The first-order chi connectivity index (χ1) is 13.6. The van der Waals surface area contributed by atoms with E-state index < -0.39 is 5.54 Å². The van der Waals surface area contributed by atoms with Gasteiger partial charge in [0, 0.05) is 45.0 Å². The third kappa shape index (κ3) is 3.80. The molecule has 28 heavy (non-hydrogen) atoms. The molecule has 1 atom stereocenters. The summed E-state index contributed by atoms with van der Waals surface area (Å²) in [7, 11) is 0. The summed E-state index contributed by atoms with van der Waals surface area (Å²) in [4.78, 5) is 21.6. The second kappa shape index (κ2) is 7.98. The largest absolute Gasteiger partial charge is 0.381 e. The number of hydrogen-bond acceptors (Lipinski definition) is 7. The number of aromatic nitrogens is 2. The highest BCUT2D eigenvalue weighted by Crippen LogP contribution is 2.25. The van der Waals surface area contributed by atoms with Crippen molar-refractivity contribution in [1.29, 1.82) is 0 Å². The molecule has 0 bridgehead atoms. The molecule has 0 aliphatic carbocycles. The number of benzene rings is 1. The third-order valence-corrected chi connectivity index (χ3v) is 5.79. The number of hydrogen-bond donors (Lipinski definition) is 1. The van der Waals surface area contributed by atoms with Gasteiger partial charge in [0.05, 0.1) is 11.6 Å². The normalized spacial score (nSPS) is 21.4. The fourth-order valence-electron chi connectivity index (χ4n) is 3.84. The molecule has 1 aromatic carbocycles. The maximum Gasteiger partial charge on any atom is 0.244 e. The molecule has 2 aliphatic heterocycles. The summed E-state index contributed by atoms with van der Waals surface area (Å²) in [5.41, 5.74) is 6.52. The van der Waals surface area contributed by atoms with Crippen LogP contribution in [0.25, 0.3) is 11.4 Å². The average Bonchev–Trinajstić information content (AvgIpc) is 3.24. The van der Waals surface area contributed by atoms with E-state index in [0.717, 1.165) is 18.7 Å². The van der Waals surface area contributed by atoms with E-state index >= 15 is 0 Å². The number of nitrogens with two attached hydrogens (primary N) is 1. The molecule has 2 aliphatic rings. The highest BCUT2D eigenvalue weighted by molar-refractivity contribution is 5.86. The van der Waals surface area contributed by atoms with Crippen molar-refractivity contribution in [2.75, 3.05) is 39.4 Å². The zero-order valence-electron chi connectivity index (χ0n) is 16.2. The van der Waals surface area contributed by atoms with Crippen LogP contribution in [0.2, 0.25) is 0 Å². The number of rotatable bonds is 4. The van der Waals surface area contributed by atoms with Crippen LogP contribution in [-0.2, 0) is 9.53 Å². The van der Waals surface area contributed by atoms with Crippen LogP contribution < -0.4 is 5.73 Å². The van der Waals surface area contributed by atoms with Crippen molar-refractivity contribution in [3.8, 4) is 11.4 Å². The second-order valence-corrected chi connectivity index (χ2v) is 7.59. The number of amides is 1. The van der Waals surface area contributed by atoms with E-state index in [1.165, 1.54) is 0 Å². The van der Waals surface area contributed by atoms with E-state index in [1.54, 1.807) is 0 Å². The van der Waals surface area contributed by atoms with Gasteiger partial charge in [-0.05, 0) is 19.8 Å². The minimum Gasteiger partial charge on any atom is -0.381 e. The zero-order valence-corrected chi connectivity index (χ0v) is 16.2. The lowest BCUT2D eigenvalue weighted by Gasteiger charge is -2.41. The van der Waals surface area contributed by atoms with Crippen molar-refractivity contribution in [3.63, 3.8) is 0 Å².